The van der Waals surface area contributed by atoms with Crippen LogP contribution in [0.5, 0.6) is 0 Å². The van der Waals surface area contributed by atoms with Crippen LogP contribution in [0.4, 0.5) is 0 Å². The highest BCUT2D eigenvalue weighted by Gasteiger charge is 2.32. The standard InChI is InChI=1S/C16H28N2O3/c1-6-12(14(10(4)5)16(18)21)15(20)11(7-9(2)3)8-13(17)19/h6,9-11,14H,7-8H2,1-5H3,(H2,17,19)(H2,18,21)/b12-6+/t11-,14-/m1/s1. The Morgan fingerprint density at radius 2 is 1.57 bits per heavy atom. The lowest BCUT2D eigenvalue weighted by Gasteiger charge is -2.24. The number of hydrogen-bond acceptors (Lipinski definition) is 3. The average Bonchev–Trinajstić information content (AvgIpc) is 2.31. The normalized spacial score (nSPS) is 15.1. The lowest BCUT2D eigenvalue weighted by molar-refractivity contribution is -0.128. The second kappa shape index (κ2) is 8.60. The van der Waals surface area contributed by atoms with E-state index in [1.807, 2.05) is 27.7 Å². The average molecular weight is 296 g/mol. The number of allylic oxidation sites excluding steroid dienone is 1. The first-order chi connectivity index (χ1) is 9.61. The first kappa shape index (κ1) is 19.4. The van der Waals surface area contributed by atoms with E-state index in [-0.39, 0.29) is 24.0 Å². The summed E-state index contributed by atoms with van der Waals surface area (Å²) in [6.45, 7) is 9.35. The van der Waals surface area contributed by atoms with Crippen LogP contribution >= 0.6 is 0 Å². The van der Waals surface area contributed by atoms with Gasteiger partial charge in [0, 0.05) is 17.9 Å². The van der Waals surface area contributed by atoms with Crippen molar-refractivity contribution in [3.05, 3.63) is 11.6 Å². The number of Topliss-reactive ketones (excluding diaryl/α,β-unsaturated/α-hetero) is 1. The molecule has 2 atom stereocenters. The van der Waals surface area contributed by atoms with Crippen molar-refractivity contribution in [3.63, 3.8) is 0 Å². The van der Waals surface area contributed by atoms with Gasteiger partial charge in [0.15, 0.2) is 5.78 Å². The summed E-state index contributed by atoms with van der Waals surface area (Å²) in [6.07, 6.45) is 2.19. The molecule has 0 unspecified atom stereocenters. The SMILES string of the molecule is C/C=C(/C(=O)[C@@H](CC(N)=O)CC(C)C)[C@H](C(N)=O)C(C)C. The van der Waals surface area contributed by atoms with Crippen molar-refractivity contribution in [2.75, 3.05) is 0 Å². The van der Waals surface area contributed by atoms with Gasteiger partial charge in [0.05, 0.1) is 5.92 Å². The third-order valence-electron chi connectivity index (χ3n) is 3.48. The van der Waals surface area contributed by atoms with Crippen molar-refractivity contribution < 1.29 is 14.4 Å². The zero-order chi connectivity index (χ0) is 16.7. The second-order valence-electron chi connectivity index (χ2n) is 6.23. The molecule has 0 fully saturated rings. The Morgan fingerprint density at radius 3 is 1.86 bits per heavy atom. The Labute approximate surface area is 127 Å². The molecule has 0 aromatic carbocycles. The van der Waals surface area contributed by atoms with Crippen LogP contribution in [0.25, 0.3) is 0 Å². The van der Waals surface area contributed by atoms with Crippen LogP contribution in [-0.2, 0) is 14.4 Å². The van der Waals surface area contributed by atoms with Crippen molar-refractivity contribution in [2.45, 2.75) is 47.5 Å². The molecule has 0 saturated heterocycles. The topological polar surface area (TPSA) is 103 Å². The molecule has 5 heteroatoms. The van der Waals surface area contributed by atoms with E-state index in [1.165, 1.54) is 0 Å². The summed E-state index contributed by atoms with van der Waals surface area (Å²) in [4.78, 5) is 35.6. The van der Waals surface area contributed by atoms with E-state index in [0.717, 1.165) is 0 Å². The number of carbonyl (C=O) groups excluding carboxylic acids is 3. The molecule has 120 valence electrons. The molecule has 5 nitrogen and oxygen atoms in total. The molecule has 0 aliphatic heterocycles. The lowest BCUT2D eigenvalue weighted by atomic mass is 9.78. The van der Waals surface area contributed by atoms with Gasteiger partial charge >= 0.3 is 0 Å². The minimum atomic E-state index is -0.634. The molecular weight excluding hydrogens is 268 g/mol. The Bertz CT molecular complexity index is 425. The van der Waals surface area contributed by atoms with E-state index in [9.17, 15) is 14.4 Å². The van der Waals surface area contributed by atoms with Crippen LogP contribution in [0, 0.1) is 23.7 Å². The van der Waals surface area contributed by atoms with E-state index in [0.29, 0.717) is 12.0 Å². The molecule has 0 saturated carbocycles. The second-order valence-corrected chi connectivity index (χ2v) is 6.23. The molecule has 21 heavy (non-hydrogen) atoms. The molecule has 4 N–H and O–H groups in total. The fourth-order valence-electron chi connectivity index (χ4n) is 2.65. The largest absolute Gasteiger partial charge is 0.370 e. The van der Waals surface area contributed by atoms with E-state index >= 15 is 0 Å². The maximum absolute atomic E-state index is 12.7. The third kappa shape index (κ3) is 6.10. The van der Waals surface area contributed by atoms with Crippen LogP contribution < -0.4 is 11.5 Å². The lowest BCUT2D eigenvalue weighted by Crippen LogP contribution is -2.35. The number of rotatable bonds is 9. The maximum Gasteiger partial charge on any atom is 0.225 e. The maximum atomic E-state index is 12.7. The summed E-state index contributed by atoms with van der Waals surface area (Å²) in [7, 11) is 0. The van der Waals surface area contributed by atoms with Crippen molar-refractivity contribution in [2.24, 2.45) is 35.1 Å². The highest BCUT2D eigenvalue weighted by molar-refractivity contribution is 6.03. The molecule has 0 radical (unpaired) electrons. The number of carbonyl (C=O) groups is 3. The third-order valence-corrected chi connectivity index (χ3v) is 3.48. The van der Waals surface area contributed by atoms with Gasteiger partial charge in [-0.15, -0.1) is 0 Å². The highest BCUT2D eigenvalue weighted by Crippen LogP contribution is 2.27. The van der Waals surface area contributed by atoms with Gasteiger partial charge in [-0.3, -0.25) is 14.4 Å². The first-order valence-electron chi connectivity index (χ1n) is 7.39. The minimum Gasteiger partial charge on any atom is -0.370 e. The van der Waals surface area contributed by atoms with Crippen molar-refractivity contribution in [1.29, 1.82) is 0 Å². The van der Waals surface area contributed by atoms with Gasteiger partial charge in [0.25, 0.3) is 0 Å². The van der Waals surface area contributed by atoms with Crippen molar-refractivity contribution in [3.8, 4) is 0 Å². The molecule has 0 aromatic heterocycles. The van der Waals surface area contributed by atoms with E-state index in [1.54, 1.807) is 13.0 Å². The van der Waals surface area contributed by atoms with Crippen LogP contribution in [-0.4, -0.2) is 17.6 Å². The van der Waals surface area contributed by atoms with Crippen LogP contribution in [0.1, 0.15) is 47.5 Å². The Kier molecular flexibility index (Phi) is 7.92. The van der Waals surface area contributed by atoms with Gasteiger partial charge in [-0.1, -0.05) is 33.8 Å². The van der Waals surface area contributed by atoms with Gasteiger partial charge in [-0.05, 0) is 25.2 Å². The Morgan fingerprint density at radius 1 is 1.05 bits per heavy atom. The minimum absolute atomic E-state index is 0.00205. The Hall–Kier alpha value is -1.65. The number of ketones is 1. The van der Waals surface area contributed by atoms with Gasteiger partial charge in [-0.2, -0.15) is 0 Å². The molecule has 0 spiro atoms. The van der Waals surface area contributed by atoms with Gasteiger partial charge in [0.1, 0.15) is 0 Å². The summed E-state index contributed by atoms with van der Waals surface area (Å²) < 4.78 is 0. The van der Waals surface area contributed by atoms with Crippen molar-refractivity contribution in [1.82, 2.24) is 0 Å². The van der Waals surface area contributed by atoms with E-state index < -0.39 is 23.7 Å². The number of nitrogens with two attached hydrogens (primary N) is 2. The fraction of sp³-hybridized carbons (Fsp3) is 0.688. The van der Waals surface area contributed by atoms with Crippen LogP contribution in [0.3, 0.4) is 0 Å². The number of hydrogen-bond donors (Lipinski definition) is 2. The van der Waals surface area contributed by atoms with Gasteiger partial charge in [-0.25, -0.2) is 0 Å². The summed E-state index contributed by atoms with van der Waals surface area (Å²) in [6, 6.07) is 0. The quantitative estimate of drug-likeness (QED) is 0.634. The molecule has 0 aromatic rings. The van der Waals surface area contributed by atoms with E-state index in [4.69, 9.17) is 11.5 Å². The fourth-order valence-corrected chi connectivity index (χ4v) is 2.65. The highest BCUT2D eigenvalue weighted by atomic mass is 16.2. The summed E-state index contributed by atoms with van der Waals surface area (Å²) in [5.41, 5.74) is 11.1. The van der Waals surface area contributed by atoms with Gasteiger partial charge < -0.3 is 11.5 Å². The summed E-state index contributed by atoms with van der Waals surface area (Å²) in [5.74, 6) is -2.17. The first-order valence-corrected chi connectivity index (χ1v) is 7.39. The van der Waals surface area contributed by atoms with Gasteiger partial charge in [0.2, 0.25) is 11.8 Å². The molecule has 0 aliphatic carbocycles. The van der Waals surface area contributed by atoms with E-state index in [2.05, 4.69) is 0 Å². The summed E-state index contributed by atoms with van der Waals surface area (Å²) in [5, 5.41) is 0. The number of amides is 2. The predicted octanol–water partition coefficient (Wildman–Crippen LogP) is 1.80. The molecule has 0 bridgehead atoms. The smallest absolute Gasteiger partial charge is 0.225 e. The molecule has 0 aliphatic rings. The zero-order valence-corrected chi connectivity index (χ0v) is 13.7. The number of primary amides is 2. The van der Waals surface area contributed by atoms with Crippen LogP contribution in [0.2, 0.25) is 0 Å². The zero-order valence-electron chi connectivity index (χ0n) is 13.7. The predicted molar refractivity (Wildman–Crippen MR) is 83.0 cm³/mol. The Balaban J connectivity index is 5.44. The molecule has 0 rings (SSSR count). The van der Waals surface area contributed by atoms with Crippen molar-refractivity contribution >= 4 is 17.6 Å². The van der Waals surface area contributed by atoms with Crippen LogP contribution in [0.15, 0.2) is 11.6 Å². The molecule has 0 heterocycles. The molecular formula is C16H28N2O3. The summed E-state index contributed by atoms with van der Waals surface area (Å²) >= 11 is 0. The molecule has 2 amide bonds. The monoisotopic (exact) mass is 296 g/mol.